The van der Waals surface area contributed by atoms with Crippen LogP contribution in [0.4, 0.5) is 0 Å². The zero-order chi connectivity index (χ0) is 12.4. The second-order valence-electron chi connectivity index (χ2n) is 5.73. The van der Waals surface area contributed by atoms with E-state index >= 15 is 0 Å². The fraction of sp³-hybridized carbons (Fsp3) is 1.00. The first-order valence-electron chi connectivity index (χ1n) is 6.77. The molecule has 4 nitrogen and oxygen atoms in total. The van der Waals surface area contributed by atoms with Gasteiger partial charge in [0, 0.05) is 12.1 Å². The molecule has 0 bridgehead atoms. The third-order valence-electron chi connectivity index (χ3n) is 4.25. The first kappa shape index (κ1) is 16.2. The standard InChI is InChI=1S/C12H24N2O2S.ClH/c13-10-12(7-3-4-8-12)14-17(15,16)9-11-5-1-2-6-11;/h11,14H,1-10,13H2;1H. The molecule has 18 heavy (non-hydrogen) atoms. The first-order chi connectivity index (χ1) is 8.05. The van der Waals surface area contributed by atoms with Crippen LogP contribution in [0.1, 0.15) is 51.4 Å². The molecule has 0 radical (unpaired) electrons. The van der Waals surface area contributed by atoms with Gasteiger partial charge in [-0.05, 0) is 31.6 Å². The van der Waals surface area contributed by atoms with Gasteiger partial charge in [-0.2, -0.15) is 0 Å². The Morgan fingerprint density at radius 2 is 1.67 bits per heavy atom. The van der Waals surface area contributed by atoms with E-state index in [4.69, 9.17) is 5.73 Å². The van der Waals surface area contributed by atoms with Crippen molar-refractivity contribution in [1.82, 2.24) is 4.72 Å². The minimum atomic E-state index is -3.15. The van der Waals surface area contributed by atoms with Gasteiger partial charge in [-0.3, -0.25) is 0 Å². The number of hydrogen-bond acceptors (Lipinski definition) is 3. The topological polar surface area (TPSA) is 72.2 Å². The fourth-order valence-electron chi connectivity index (χ4n) is 3.26. The Kier molecular flexibility index (Phi) is 5.90. The predicted octanol–water partition coefficient (Wildman–Crippen LogP) is 1.79. The molecule has 0 aromatic heterocycles. The van der Waals surface area contributed by atoms with E-state index in [1.165, 1.54) is 12.8 Å². The van der Waals surface area contributed by atoms with Crippen molar-refractivity contribution in [2.45, 2.75) is 56.9 Å². The summed E-state index contributed by atoms with van der Waals surface area (Å²) >= 11 is 0. The van der Waals surface area contributed by atoms with Crippen LogP contribution in [0.3, 0.4) is 0 Å². The van der Waals surface area contributed by atoms with Gasteiger partial charge in [0.25, 0.3) is 0 Å². The van der Waals surface area contributed by atoms with Gasteiger partial charge in [-0.15, -0.1) is 12.4 Å². The summed E-state index contributed by atoms with van der Waals surface area (Å²) in [6.07, 6.45) is 8.46. The third-order valence-corrected chi connectivity index (χ3v) is 5.91. The predicted molar refractivity (Wildman–Crippen MR) is 76.4 cm³/mol. The Bertz CT molecular complexity index is 347. The molecule has 0 amide bonds. The number of hydrogen-bond donors (Lipinski definition) is 2. The number of rotatable bonds is 5. The largest absolute Gasteiger partial charge is 0.329 e. The Morgan fingerprint density at radius 3 is 2.17 bits per heavy atom. The molecule has 6 heteroatoms. The van der Waals surface area contributed by atoms with Crippen molar-refractivity contribution in [3.05, 3.63) is 0 Å². The lowest BCUT2D eigenvalue weighted by Crippen LogP contribution is -2.52. The Hall–Kier alpha value is 0.160. The summed E-state index contributed by atoms with van der Waals surface area (Å²) in [4.78, 5) is 0. The van der Waals surface area contributed by atoms with Crippen molar-refractivity contribution in [3.63, 3.8) is 0 Å². The van der Waals surface area contributed by atoms with Gasteiger partial charge >= 0.3 is 0 Å². The van der Waals surface area contributed by atoms with Crippen LogP contribution in [0.15, 0.2) is 0 Å². The van der Waals surface area contributed by atoms with Crippen LogP contribution in [0.2, 0.25) is 0 Å². The van der Waals surface area contributed by atoms with E-state index in [1.807, 2.05) is 0 Å². The van der Waals surface area contributed by atoms with Gasteiger partial charge in [-0.1, -0.05) is 25.7 Å². The highest BCUT2D eigenvalue weighted by atomic mass is 35.5. The van der Waals surface area contributed by atoms with E-state index in [9.17, 15) is 8.42 Å². The van der Waals surface area contributed by atoms with Crippen LogP contribution in [-0.2, 0) is 10.0 Å². The summed E-state index contributed by atoms with van der Waals surface area (Å²) in [6, 6.07) is 0. The number of nitrogens with two attached hydrogens (primary N) is 1. The molecule has 2 fully saturated rings. The summed E-state index contributed by atoms with van der Waals surface area (Å²) in [5.41, 5.74) is 5.42. The highest BCUT2D eigenvalue weighted by Gasteiger charge is 2.37. The highest BCUT2D eigenvalue weighted by Crippen LogP contribution is 2.31. The normalized spacial score (nSPS) is 24.1. The molecule has 0 unspecified atom stereocenters. The Balaban J connectivity index is 0.00000162. The van der Waals surface area contributed by atoms with E-state index in [0.717, 1.165) is 38.5 Å². The zero-order valence-corrected chi connectivity index (χ0v) is 12.5. The lowest BCUT2D eigenvalue weighted by atomic mass is 10.0. The number of halogens is 1. The molecule has 3 N–H and O–H groups in total. The molecule has 2 aliphatic carbocycles. The summed E-state index contributed by atoms with van der Waals surface area (Å²) in [5, 5.41) is 0. The van der Waals surface area contributed by atoms with Crippen molar-refractivity contribution in [2.75, 3.05) is 12.3 Å². The van der Waals surface area contributed by atoms with E-state index in [1.54, 1.807) is 0 Å². The second kappa shape index (κ2) is 6.55. The van der Waals surface area contributed by atoms with Crippen LogP contribution in [-0.4, -0.2) is 26.3 Å². The van der Waals surface area contributed by atoms with E-state index < -0.39 is 10.0 Å². The molecular weight excluding hydrogens is 272 g/mol. The van der Waals surface area contributed by atoms with Gasteiger partial charge < -0.3 is 5.73 Å². The monoisotopic (exact) mass is 296 g/mol. The van der Waals surface area contributed by atoms with Crippen molar-refractivity contribution in [1.29, 1.82) is 0 Å². The second-order valence-corrected chi connectivity index (χ2v) is 7.49. The molecule has 0 aromatic rings. The molecule has 0 atom stereocenters. The minimum Gasteiger partial charge on any atom is -0.329 e. The summed E-state index contributed by atoms with van der Waals surface area (Å²) in [7, 11) is -3.15. The average Bonchev–Trinajstić information content (AvgIpc) is 2.89. The van der Waals surface area contributed by atoms with Gasteiger partial charge in [0.2, 0.25) is 10.0 Å². The van der Waals surface area contributed by atoms with Crippen LogP contribution >= 0.6 is 12.4 Å². The molecule has 0 aromatic carbocycles. The molecule has 2 aliphatic rings. The molecule has 2 rings (SSSR count). The maximum absolute atomic E-state index is 12.1. The van der Waals surface area contributed by atoms with E-state index in [-0.39, 0.29) is 17.9 Å². The molecule has 2 saturated carbocycles. The number of sulfonamides is 1. The summed E-state index contributed by atoms with van der Waals surface area (Å²) in [5.74, 6) is 0.665. The van der Waals surface area contributed by atoms with Crippen molar-refractivity contribution < 1.29 is 8.42 Å². The van der Waals surface area contributed by atoms with Crippen molar-refractivity contribution in [3.8, 4) is 0 Å². The smallest absolute Gasteiger partial charge is 0.212 e. The van der Waals surface area contributed by atoms with Crippen molar-refractivity contribution in [2.24, 2.45) is 11.7 Å². The third kappa shape index (κ3) is 4.08. The zero-order valence-electron chi connectivity index (χ0n) is 10.9. The maximum Gasteiger partial charge on any atom is 0.212 e. The Morgan fingerprint density at radius 1 is 1.11 bits per heavy atom. The summed E-state index contributed by atoms with van der Waals surface area (Å²) < 4.78 is 27.2. The average molecular weight is 297 g/mol. The first-order valence-corrected chi connectivity index (χ1v) is 8.42. The van der Waals surface area contributed by atoms with Crippen LogP contribution in [0.25, 0.3) is 0 Å². The van der Waals surface area contributed by atoms with Crippen molar-refractivity contribution >= 4 is 22.4 Å². The van der Waals surface area contributed by atoms with Crippen LogP contribution in [0.5, 0.6) is 0 Å². The van der Waals surface area contributed by atoms with Gasteiger partial charge in [0.05, 0.1) is 5.75 Å². The fourth-order valence-corrected chi connectivity index (χ4v) is 5.24. The SMILES string of the molecule is Cl.NCC1(NS(=O)(=O)CC2CCCC2)CCCC1. The summed E-state index contributed by atoms with van der Waals surface area (Å²) in [6.45, 7) is 0.427. The quantitative estimate of drug-likeness (QED) is 0.812. The van der Waals surface area contributed by atoms with Crippen LogP contribution < -0.4 is 10.5 Å². The molecular formula is C12H25ClN2O2S. The lowest BCUT2D eigenvalue weighted by Gasteiger charge is -2.28. The van der Waals surface area contributed by atoms with E-state index in [2.05, 4.69) is 4.72 Å². The minimum absolute atomic E-state index is 0. The van der Waals surface area contributed by atoms with Gasteiger partial charge in [-0.25, -0.2) is 13.1 Å². The molecule has 0 saturated heterocycles. The lowest BCUT2D eigenvalue weighted by molar-refractivity contribution is 0.397. The molecule has 0 spiro atoms. The Labute approximate surface area is 117 Å². The highest BCUT2D eigenvalue weighted by molar-refractivity contribution is 7.89. The van der Waals surface area contributed by atoms with Gasteiger partial charge in [0.15, 0.2) is 0 Å². The van der Waals surface area contributed by atoms with Crippen LogP contribution in [0, 0.1) is 5.92 Å². The maximum atomic E-state index is 12.1. The van der Waals surface area contributed by atoms with E-state index in [0.29, 0.717) is 18.2 Å². The number of nitrogens with one attached hydrogen (secondary N) is 1. The molecule has 108 valence electrons. The molecule has 0 heterocycles. The molecule has 0 aliphatic heterocycles. The van der Waals surface area contributed by atoms with Gasteiger partial charge in [0.1, 0.15) is 0 Å².